The van der Waals surface area contributed by atoms with Crippen LogP contribution in [-0.4, -0.2) is 46.8 Å². The third-order valence-electron chi connectivity index (χ3n) is 3.23. The number of hydrogen-bond donors (Lipinski definition) is 1. The first-order valence-corrected chi connectivity index (χ1v) is 7.48. The van der Waals surface area contributed by atoms with E-state index in [1.165, 1.54) is 0 Å². The predicted octanol–water partition coefficient (Wildman–Crippen LogP) is 1.42. The molecule has 1 unspecified atom stereocenters. The normalized spacial score (nSPS) is 24.7. The summed E-state index contributed by atoms with van der Waals surface area (Å²) in [6, 6.07) is 0. The Labute approximate surface area is 113 Å². The first kappa shape index (κ1) is 15.1. The number of thioether (sulfide) groups is 1. The van der Waals surface area contributed by atoms with Crippen LogP contribution >= 0.6 is 11.8 Å². The number of carbonyl (C=O) groups is 2. The van der Waals surface area contributed by atoms with Crippen molar-refractivity contribution >= 4 is 23.6 Å². The fourth-order valence-corrected chi connectivity index (χ4v) is 2.59. The van der Waals surface area contributed by atoms with Crippen LogP contribution in [0.15, 0.2) is 12.7 Å². The SMILES string of the molecule is C=CCSCCN1CCC(=O)NC(C)(CC)C1=O. The van der Waals surface area contributed by atoms with E-state index in [-0.39, 0.29) is 11.8 Å². The molecule has 1 saturated heterocycles. The zero-order chi connectivity index (χ0) is 13.6. The Morgan fingerprint density at radius 3 is 2.89 bits per heavy atom. The Morgan fingerprint density at radius 1 is 1.56 bits per heavy atom. The standard InChI is InChI=1S/C13H22N2O2S/c1-4-9-18-10-8-15-7-6-11(16)14-13(3,5-2)12(15)17/h4H,1,5-10H2,2-3H3,(H,14,16). The highest BCUT2D eigenvalue weighted by atomic mass is 32.2. The molecular formula is C13H22N2O2S. The average Bonchev–Trinajstić information content (AvgIpc) is 2.46. The summed E-state index contributed by atoms with van der Waals surface area (Å²) in [5.74, 6) is 1.78. The summed E-state index contributed by atoms with van der Waals surface area (Å²) in [7, 11) is 0. The van der Waals surface area contributed by atoms with Gasteiger partial charge in [-0.15, -0.1) is 6.58 Å². The molecular weight excluding hydrogens is 248 g/mol. The third-order valence-corrected chi connectivity index (χ3v) is 4.17. The molecule has 2 amide bonds. The molecule has 0 aromatic heterocycles. The Hall–Kier alpha value is -0.970. The number of rotatable bonds is 6. The summed E-state index contributed by atoms with van der Waals surface area (Å²) in [6.07, 6.45) is 2.87. The lowest BCUT2D eigenvalue weighted by atomic mass is 9.97. The highest BCUT2D eigenvalue weighted by molar-refractivity contribution is 7.99. The Bertz CT molecular complexity index is 333. The molecule has 102 valence electrons. The smallest absolute Gasteiger partial charge is 0.248 e. The molecule has 1 N–H and O–H groups in total. The molecule has 0 saturated carbocycles. The van der Waals surface area contributed by atoms with E-state index in [9.17, 15) is 9.59 Å². The molecule has 5 heteroatoms. The van der Waals surface area contributed by atoms with Gasteiger partial charge in [0.1, 0.15) is 5.54 Å². The largest absolute Gasteiger partial charge is 0.342 e. The van der Waals surface area contributed by atoms with Crippen molar-refractivity contribution in [2.75, 3.05) is 24.6 Å². The Balaban J connectivity index is 2.63. The minimum Gasteiger partial charge on any atom is -0.342 e. The number of nitrogens with one attached hydrogen (secondary N) is 1. The molecule has 0 aliphatic carbocycles. The molecule has 1 heterocycles. The maximum absolute atomic E-state index is 12.4. The van der Waals surface area contributed by atoms with Crippen molar-refractivity contribution in [1.29, 1.82) is 0 Å². The van der Waals surface area contributed by atoms with Crippen molar-refractivity contribution < 1.29 is 9.59 Å². The monoisotopic (exact) mass is 270 g/mol. The van der Waals surface area contributed by atoms with Crippen LogP contribution in [0.4, 0.5) is 0 Å². The van der Waals surface area contributed by atoms with E-state index in [1.807, 2.05) is 19.9 Å². The quantitative estimate of drug-likeness (QED) is 0.586. The summed E-state index contributed by atoms with van der Waals surface area (Å²) in [5.41, 5.74) is -0.739. The van der Waals surface area contributed by atoms with E-state index in [4.69, 9.17) is 0 Å². The van der Waals surface area contributed by atoms with Gasteiger partial charge < -0.3 is 10.2 Å². The second kappa shape index (κ2) is 6.83. The molecule has 1 aliphatic heterocycles. The maximum atomic E-state index is 12.4. The van der Waals surface area contributed by atoms with Gasteiger partial charge in [0.25, 0.3) is 0 Å². The second-order valence-electron chi connectivity index (χ2n) is 4.64. The molecule has 0 aromatic rings. The molecule has 1 atom stereocenters. The predicted molar refractivity (Wildman–Crippen MR) is 75.6 cm³/mol. The van der Waals surface area contributed by atoms with Crippen LogP contribution in [0, 0.1) is 0 Å². The van der Waals surface area contributed by atoms with Gasteiger partial charge in [-0.3, -0.25) is 9.59 Å². The first-order chi connectivity index (χ1) is 8.53. The molecule has 0 spiro atoms. The lowest BCUT2D eigenvalue weighted by molar-refractivity contribution is -0.138. The van der Waals surface area contributed by atoms with Gasteiger partial charge >= 0.3 is 0 Å². The number of nitrogens with zero attached hydrogens (tertiary/aromatic N) is 1. The van der Waals surface area contributed by atoms with Crippen LogP contribution < -0.4 is 5.32 Å². The van der Waals surface area contributed by atoms with Crippen molar-refractivity contribution in [2.24, 2.45) is 0 Å². The second-order valence-corrected chi connectivity index (χ2v) is 5.79. The van der Waals surface area contributed by atoms with Crippen molar-refractivity contribution in [3.05, 3.63) is 12.7 Å². The van der Waals surface area contributed by atoms with E-state index in [0.29, 0.717) is 25.9 Å². The Morgan fingerprint density at radius 2 is 2.28 bits per heavy atom. The van der Waals surface area contributed by atoms with Crippen LogP contribution in [-0.2, 0) is 9.59 Å². The number of hydrogen-bond acceptors (Lipinski definition) is 3. The summed E-state index contributed by atoms with van der Waals surface area (Å²) in [5, 5.41) is 2.83. The number of carbonyl (C=O) groups excluding carboxylic acids is 2. The molecule has 1 rings (SSSR count). The Kier molecular flexibility index (Phi) is 5.72. The van der Waals surface area contributed by atoms with Gasteiger partial charge in [0.05, 0.1) is 0 Å². The minimum absolute atomic E-state index is 0.0334. The van der Waals surface area contributed by atoms with Gasteiger partial charge in [0, 0.05) is 31.0 Å². The minimum atomic E-state index is -0.739. The fraction of sp³-hybridized carbons (Fsp3) is 0.692. The topological polar surface area (TPSA) is 49.4 Å². The zero-order valence-corrected chi connectivity index (χ0v) is 12.0. The highest BCUT2D eigenvalue weighted by Gasteiger charge is 2.38. The lowest BCUT2D eigenvalue weighted by Crippen LogP contribution is -2.54. The van der Waals surface area contributed by atoms with Crippen LogP contribution in [0.3, 0.4) is 0 Å². The van der Waals surface area contributed by atoms with Gasteiger partial charge in [0.15, 0.2) is 0 Å². The van der Waals surface area contributed by atoms with Crippen LogP contribution in [0.25, 0.3) is 0 Å². The van der Waals surface area contributed by atoms with Gasteiger partial charge in [-0.1, -0.05) is 13.0 Å². The molecule has 1 aliphatic rings. The number of amides is 2. The van der Waals surface area contributed by atoms with Gasteiger partial charge in [-0.2, -0.15) is 11.8 Å². The molecule has 0 aromatic carbocycles. The van der Waals surface area contributed by atoms with E-state index < -0.39 is 5.54 Å². The van der Waals surface area contributed by atoms with Crippen LogP contribution in [0.2, 0.25) is 0 Å². The van der Waals surface area contributed by atoms with Crippen molar-refractivity contribution in [2.45, 2.75) is 32.2 Å². The third kappa shape index (κ3) is 3.77. The maximum Gasteiger partial charge on any atom is 0.248 e. The van der Waals surface area contributed by atoms with E-state index >= 15 is 0 Å². The van der Waals surface area contributed by atoms with Gasteiger partial charge in [-0.05, 0) is 13.3 Å². The van der Waals surface area contributed by atoms with Gasteiger partial charge in [0.2, 0.25) is 11.8 Å². The molecule has 4 nitrogen and oxygen atoms in total. The van der Waals surface area contributed by atoms with Crippen LogP contribution in [0.1, 0.15) is 26.7 Å². The van der Waals surface area contributed by atoms with E-state index in [0.717, 1.165) is 11.5 Å². The molecule has 1 fully saturated rings. The lowest BCUT2D eigenvalue weighted by Gasteiger charge is -2.31. The summed E-state index contributed by atoms with van der Waals surface area (Å²) in [6.45, 7) is 8.62. The molecule has 0 bridgehead atoms. The van der Waals surface area contributed by atoms with Crippen molar-refractivity contribution in [3.63, 3.8) is 0 Å². The van der Waals surface area contributed by atoms with Gasteiger partial charge in [-0.25, -0.2) is 0 Å². The van der Waals surface area contributed by atoms with Crippen molar-refractivity contribution in [3.8, 4) is 0 Å². The summed E-state index contributed by atoms with van der Waals surface area (Å²) in [4.78, 5) is 25.8. The van der Waals surface area contributed by atoms with E-state index in [1.54, 1.807) is 16.7 Å². The summed E-state index contributed by atoms with van der Waals surface area (Å²) >= 11 is 1.75. The van der Waals surface area contributed by atoms with Crippen LogP contribution in [0.5, 0.6) is 0 Å². The average molecular weight is 270 g/mol. The first-order valence-electron chi connectivity index (χ1n) is 6.32. The summed E-state index contributed by atoms with van der Waals surface area (Å²) < 4.78 is 0. The fourth-order valence-electron chi connectivity index (χ4n) is 1.91. The zero-order valence-electron chi connectivity index (χ0n) is 11.2. The van der Waals surface area contributed by atoms with E-state index in [2.05, 4.69) is 11.9 Å². The molecule has 0 radical (unpaired) electrons. The highest BCUT2D eigenvalue weighted by Crippen LogP contribution is 2.18. The molecule has 18 heavy (non-hydrogen) atoms. The van der Waals surface area contributed by atoms with Crippen molar-refractivity contribution in [1.82, 2.24) is 10.2 Å².